The number of halogens is 4. The predicted octanol–water partition coefficient (Wildman–Crippen LogP) is 3.62. The van der Waals surface area contributed by atoms with Crippen LogP contribution < -0.4 is 0 Å². The molecular weight excluding hydrogens is 328 g/mol. The number of alkyl halides is 3. The molecule has 0 fully saturated rings. The lowest BCUT2D eigenvalue weighted by molar-refractivity contribution is -0.141. The van der Waals surface area contributed by atoms with Crippen molar-refractivity contribution in [3.05, 3.63) is 65.3 Å². The minimum Gasteiger partial charge on any atom is -0.337 e. The molecule has 3 aromatic rings. The van der Waals surface area contributed by atoms with E-state index in [-0.39, 0.29) is 11.7 Å². The van der Waals surface area contributed by atoms with Crippen LogP contribution in [0.2, 0.25) is 0 Å². The molecule has 0 aliphatic rings. The van der Waals surface area contributed by atoms with Crippen LogP contribution in [0.1, 0.15) is 35.9 Å². The number of hydrogen-bond acceptors (Lipinski definition) is 4. The Kier molecular flexibility index (Phi) is 4.08. The van der Waals surface area contributed by atoms with E-state index in [9.17, 15) is 17.6 Å². The Morgan fingerprint density at radius 1 is 1.17 bits per heavy atom. The normalized spacial score (nSPS) is 13.2. The Morgan fingerprint density at radius 3 is 2.50 bits per heavy atom. The van der Waals surface area contributed by atoms with Crippen LogP contribution >= 0.6 is 0 Å². The lowest BCUT2D eigenvalue weighted by Gasteiger charge is -2.07. The van der Waals surface area contributed by atoms with E-state index in [0.717, 1.165) is 16.3 Å². The number of benzene rings is 1. The van der Waals surface area contributed by atoms with E-state index in [1.54, 1.807) is 19.1 Å². The molecule has 0 amide bonds. The third-order valence-corrected chi connectivity index (χ3v) is 3.41. The molecule has 0 N–H and O–H groups in total. The van der Waals surface area contributed by atoms with E-state index in [0.29, 0.717) is 12.2 Å². The summed E-state index contributed by atoms with van der Waals surface area (Å²) in [6.45, 7) is 1.60. The average molecular weight is 340 g/mol. The predicted molar refractivity (Wildman–Crippen MR) is 74.5 cm³/mol. The summed E-state index contributed by atoms with van der Waals surface area (Å²) in [5, 5.41) is 7.28. The molecule has 0 unspecified atom stereocenters. The standard InChI is InChI=1S/C15H12F4N4O/c1-9(23-7-6-12(21-23)15(17,18)19)14-20-13(22-24-14)8-10-2-4-11(16)5-3-10/h2-7,9H,8H2,1H3/t9-/m1/s1. The summed E-state index contributed by atoms with van der Waals surface area (Å²) in [7, 11) is 0. The van der Waals surface area contributed by atoms with Crippen molar-refractivity contribution in [3.63, 3.8) is 0 Å². The van der Waals surface area contributed by atoms with Crippen LogP contribution in [0.25, 0.3) is 0 Å². The molecule has 126 valence electrons. The lowest BCUT2D eigenvalue weighted by atomic mass is 10.1. The molecule has 1 aromatic carbocycles. The Balaban J connectivity index is 1.74. The SMILES string of the molecule is C[C@H](c1nc(Cc2ccc(F)cc2)no1)n1ccc(C(F)(F)F)n1. The fourth-order valence-electron chi connectivity index (χ4n) is 2.11. The van der Waals surface area contributed by atoms with E-state index >= 15 is 0 Å². The summed E-state index contributed by atoms with van der Waals surface area (Å²) in [5.74, 6) is 0.149. The largest absolute Gasteiger partial charge is 0.435 e. The van der Waals surface area contributed by atoms with Gasteiger partial charge in [-0.2, -0.15) is 23.3 Å². The van der Waals surface area contributed by atoms with Gasteiger partial charge in [-0.15, -0.1) is 0 Å². The van der Waals surface area contributed by atoms with Crippen LogP contribution in [0.4, 0.5) is 17.6 Å². The third kappa shape index (κ3) is 3.44. The first-order valence-electron chi connectivity index (χ1n) is 7.02. The van der Waals surface area contributed by atoms with E-state index < -0.39 is 17.9 Å². The monoisotopic (exact) mass is 340 g/mol. The van der Waals surface area contributed by atoms with Crippen molar-refractivity contribution in [3.8, 4) is 0 Å². The average Bonchev–Trinajstić information content (AvgIpc) is 3.18. The van der Waals surface area contributed by atoms with Gasteiger partial charge in [-0.1, -0.05) is 17.3 Å². The van der Waals surface area contributed by atoms with Gasteiger partial charge in [0.2, 0.25) is 0 Å². The van der Waals surface area contributed by atoms with Crippen LogP contribution in [-0.2, 0) is 12.6 Å². The quantitative estimate of drug-likeness (QED) is 0.681. The molecule has 24 heavy (non-hydrogen) atoms. The Morgan fingerprint density at radius 2 is 1.88 bits per heavy atom. The summed E-state index contributed by atoms with van der Waals surface area (Å²) >= 11 is 0. The zero-order valence-electron chi connectivity index (χ0n) is 12.5. The summed E-state index contributed by atoms with van der Waals surface area (Å²) in [6, 6.07) is 6.07. The zero-order valence-corrected chi connectivity index (χ0v) is 12.5. The van der Waals surface area contributed by atoms with Crippen LogP contribution in [0.5, 0.6) is 0 Å². The summed E-state index contributed by atoms with van der Waals surface area (Å²) in [5.41, 5.74) is -0.199. The molecule has 0 saturated heterocycles. The van der Waals surface area contributed by atoms with Gasteiger partial charge in [-0.25, -0.2) is 4.39 Å². The lowest BCUT2D eigenvalue weighted by Crippen LogP contribution is -2.11. The van der Waals surface area contributed by atoms with Crippen molar-refractivity contribution in [2.24, 2.45) is 0 Å². The minimum absolute atomic E-state index is 0.143. The molecule has 9 heteroatoms. The zero-order chi connectivity index (χ0) is 17.3. The van der Waals surface area contributed by atoms with Crippen molar-refractivity contribution < 1.29 is 22.1 Å². The van der Waals surface area contributed by atoms with Crippen LogP contribution in [0.15, 0.2) is 41.1 Å². The van der Waals surface area contributed by atoms with E-state index in [1.807, 2.05) is 0 Å². The molecule has 1 atom stereocenters. The van der Waals surface area contributed by atoms with E-state index in [2.05, 4.69) is 15.2 Å². The third-order valence-electron chi connectivity index (χ3n) is 3.41. The highest BCUT2D eigenvalue weighted by Gasteiger charge is 2.34. The van der Waals surface area contributed by atoms with Crippen LogP contribution in [0.3, 0.4) is 0 Å². The Bertz CT molecular complexity index is 823. The highest BCUT2D eigenvalue weighted by atomic mass is 19.4. The maximum atomic E-state index is 12.9. The smallest absolute Gasteiger partial charge is 0.337 e. The highest BCUT2D eigenvalue weighted by Crippen LogP contribution is 2.28. The molecule has 2 aromatic heterocycles. The van der Waals surface area contributed by atoms with Gasteiger partial charge in [-0.05, 0) is 30.7 Å². The molecule has 0 spiro atoms. The van der Waals surface area contributed by atoms with Crippen molar-refractivity contribution in [2.75, 3.05) is 0 Å². The van der Waals surface area contributed by atoms with Gasteiger partial charge >= 0.3 is 6.18 Å². The van der Waals surface area contributed by atoms with Crippen molar-refractivity contribution in [1.82, 2.24) is 19.9 Å². The Hall–Kier alpha value is -2.71. The van der Waals surface area contributed by atoms with Gasteiger partial charge in [-0.3, -0.25) is 4.68 Å². The second kappa shape index (κ2) is 6.06. The van der Waals surface area contributed by atoms with Crippen molar-refractivity contribution in [1.29, 1.82) is 0 Å². The summed E-state index contributed by atoms with van der Waals surface area (Å²) in [4.78, 5) is 4.16. The van der Waals surface area contributed by atoms with Crippen molar-refractivity contribution >= 4 is 0 Å². The molecule has 0 aliphatic heterocycles. The van der Waals surface area contributed by atoms with Gasteiger partial charge < -0.3 is 4.52 Å². The molecule has 5 nitrogen and oxygen atoms in total. The first kappa shape index (κ1) is 16.2. The highest BCUT2D eigenvalue weighted by molar-refractivity contribution is 5.19. The molecule has 0 bridgehead atoms. The number of hydrogen-bond donors (Lipinski definition) is 0. The topological polar surface area (TPSA) is 56.7 Å². The summed E-state index contributed by atoms with van der Waals surface area (Å²) < 4.78 is 56.8. The van der Waals surface area contributed by atoms with Crippen LogP contribution in [-0.4, -0.2) is 19.9 Å². The van der Waals surface area contributed by atoms with Crippen molar-refractivity contribution in [2.45, 2.75) is 25.6 Å². The first-order valence-corrected chi connectivity index (χ1v) is 7.02. The van der Waals surface area contributed by atoms with Crippen LogP contribution in [0, 0.1) is 5.82 Å². The first-order chi connectivity index (χ1) is 11.3. The van der Waals surface area contributed by atoms with Gasteiger partial charge in [0.25, 0.3) is 5.89 Å². The fraction of sp³-hybridized carbons (Fsp3) is 0.267. The molecular formula is C15H12F4N4O. The van der Waals surface area contributed by atoms with Gasteiger partial charge in [0.1, 0.15) is 11.9 Å². The number of nitrogens with zero attached hydrogens (tertiary/aromatic N) is 4. The number of aromatic nitrogens is 4. The molecule has 0 radical (unpaired) electrons. The van der Waals surface area contributed by atoms with Gasteiger partial charge in [0.05, 0.1) is 0 Å². The summed E-state index contributed by atoms with van der Waals surface area (Å²) in [6.07, 6.45) is -2.98. The second-order valence-electron chi connectivity index (χ2n) is 5.21. The molecule has 0 saturated carbocycles. The number of rotatable bonds is 4. The van der Waals surface area contributed by atoms with E-state index in [4.69, 9.17) is 4.52 Å². The molecule has 3 rings (SSSR count). The Labute approximate surface area is 133 Å². The molecule has 2 heterocycles. The fourth-order valence-corrected chi connectivity index (χ4v) is 2.11. The van der Waals surface area contributed by atoms with Gasteiger partial charge in [0, 0.05) is 12.6 Å². The van der Waals surface area contributed by atoms with E-state index in [1.165, 1.54) is 18.3 Å². The minimum atomic E-state index is -4.51. The second-order valence-corrected chi connectivity index (χ2v) is 5.21. The van der Waals surface area contributed by atoms with Gasteiger partial charge in [0.15, 0.2) is 11.5 Å². The maximum Gasteiger partial charge on any atom is 0.435 e. The molecule has 0 aliphatic carbocycles. The maximum absolute atomic E-state index is 12.9.